The first kappa shape index (κ1) is 15.5. The average molecular weight is 354 g/mol. The van der Waals surface area contributed by atoms with Crippen molar-refractivity contribution < 1.29 is 18.2 Å². The van der Waals surface area contributed by atoms with Crippen molar-refractivity contribution >= 4 is 31.4 Å². The van der Waals surface area contributed by atoms with Gasteiger partial charge in [0.15, 0.2) is 9.84 Å². The lowest BCUT2D eigenvalue weighted by Crippen LogP contribution is -3.29. The number of rotatable bonds is 3. The fourth-order valence-electron chi connectivity index (χ4n) is 3.84. The Morgan fingerprint density at radius 3 is 2.65 bits per heavy atom. The van der Waals surface area contributed by atoms with Crippen LogP contribution < -0.4 is 9.80 Å². The lowest BCUT2D eigenvalue weighted by Gasteiger charge is -2.32. The predicted octanol–water partition coefficient (Wildman–Crippen LogP) is -1.23. The molecule has 0 unspecified atom stereocenters. The molecule has 2 fully saturated rings. The largest absolute Gasteiger partial charge is 0.322 e. The van der Waals surface area contributed by atoms with Crippen LogP contribution in [0.4, 0.5) is 0 Å². The highest BCUT2D eigenvalue weighted by Gasteiger charge is 2.37. The molecule has 0 spiro atoms. The summed E-state index contributed by atoms with van der Waals surface area (Å²) in [5.74, 6) is 0.791. The van der Waals surface area contributed by atoms with Gasteiger partial charge >= 0.3 is 0 Å². The van der Waals surface area contributed by atoms with E-state index in [0.717, 1.165) is 44.7 Å². The summed E-state index contributed by atoms with van der Waals surface area (Å²) in [7, 11) is -2.76. The summed E-state index contributed by atoms with van der Waals surface area (Å²) in [6.45, 7) is 5.39. The number of piperazine rings is 1. The molecule has 4 rings (SSSR count). The third-order valence-electron chi connectivity index (χ3n) is 5.15. The van der Waals surface area contributed by atoms with Gasteiger partial charge in [-0.2, -0.15) is 0 Å². The second-order valence-electron chi connectivity index (χ2n) is 6.76. The molecule has 0 radical (unpaired) electrons. The van der Waals surface area contributed by atoms with Gasteiger partial charge in [0, 0.05) is 6.42 Å². The second-order valence-corrected chi connectivity index (χ2v) is 10.1. The van der Waals surface area contributed by atoms with Gasteiger partial charge in [-0.1, -0.05) is 12.1 Å². The Hall–Kier alpha value is -1.02. The number of thiazole rings is 1. The van der Waals surface area contributed by atoms with Gasteiger partial charge < -0.3 is 9.80 Å². The molecule has 2 N–H and O–H groups in total. The van der Waals surface area contributed by atoms with Crippen LogP contribution in [-0.4, -0.2) is 57.1 Å². The summed E-state index contributed by atoms with van der Waals surface area (Å²) in [6.07, 6.45) is 0.852. The highest BCUT2D eigenvalue weighted by atomic mass is 32.2. The Balaban J connectivity index is 1.34. The molecule has 0 amide bonds. The van der Waals surface area contributed by atoms with Crippen molar-refractivity contribution in [2.75, 3.05) is 37.7 Å². The van der Waals surface area contributed by atoms with E-state index in [4.69, 9.17) is 4.98 Å². The number of sulfone groups is 1. The minimum Gasteiger partial charge on any atom is -0.322 e. The molecule has 23 heavy (non-hydrogen) atoms. The second kappa shape index (κ2) is 6.12. The van der Waals surface area contributed by atoms with Crippen molar-refractivity contribution in [1.82, 2.24) is 4.98 Å². The Kier molecular flexibility index (Phi) is 4.13. The molecule has 0 bridgehead atoms. The van der Waals surface area contributed by atoms with Crippen molar-refractivity contribution in [1.29, 1.82) is 0 Å². The zero-order valence-corrected chi connectivity index (χ0v) is 14.8. The zero-order chi connectivity index (χ0) is 15.9. The molecule has 2 saturated heterocycles. The van der Waals surface area contributed by atoms with Crippen LogP contribution in [0.15, 0.2) is 24.3 Å². The van der Waals surface area contributed by atoms with E-state index in [1.54, 1.807) is 16.2 Å². The highest BCUT2D eigenvalue weighted by molar-refractivity contribution is 7.91. The van der Waals surface area contributed by atoms with Crippen LogP contribution in [0.1, 0.15) is 11.4 Å². The molecule has 0 aliphatic carbocycles. The number of fused-ring (bicyclic) bond motifs is 1. The first-order valence-corrected chi connectivity index (χ1v) is 11.0. The van der Waals surface area contributed by atoms with E-state index < -0.39 is 9.84 Å². The van der Waals surface area contributed by atoms with Gasteiger partial charge in [0.25, 0.3) is 0 Å². The quantitative estimate of drug-likeness (QED) is 0.726. The number of benzene rings is 1. The van der Waals surface area contributed by atoms with Gasteiger partial charge in [0.05, 0.1) is 16.0 Å². The van der Waals surface area contributed by atoms with Crippen molar-refractivity contribution in [2.45, 2.75) is 19.0 Å². The van der Waals surface area contributed by atoms with Crippen LogP contribution >= 0.6 is 11.3 Å². The first-order valence-electron chi connectivity index (χ1n) is 8.32. The smallest absolute Gasteiger partial charge is 0.156 e. The number of hydrogen-bond donors (Lipinski definition) is 2. The van der Waals surface area contributed by atoms with Crippen molar-refractivity contribution in [3.8, 4) is 0 Å². The minimum absolute atomic E-state index is 0.337. The molecule has 0 saturated carbocycles. The maximum atomic E-state index is 11.6. The standard InChI is InChI=1S/C16H21N3O2S2/c20-23(21)10-5-13(12-23)19-8-6-18(7-9-19)11-16-17-14-3-1-2-4-15(14)22-16/h1-4,13H,5-12H2/p+2/t13-/m1/s1. The van der Waals surface area contributed by atoms with Gasteiger partial charge in [-0.15, -0.1) is 11.3 Å². The molecule has 2 aliphatic rings. The van der Waals surface area contributed by atoms with Gasteiger partial charge in [-0.3, -0.25) is 0 Å². The Morgan fingerprint density at radius 2 is 1.96 bits per heavy atom. The van der Waals surface area contributed by atoms with Gasteiger partial charge in [0.2, 0.25) is 0 Å². The Morgan fingerprint density at radius 1 is 1.17 bits per heavy atom. The topological polar surface area (TPSA) is 55.9 Å². The molecular weight excluding hydrogens is 330 g/mol. The summed E-state index contributed by atoms with van der Waals surface area (Å²) < 4.78 is 24.6. The SMILES string of the molecule is O=S1(=O)CC[C@@H]([NH+]2CC[NH+](Cc3nc4ccccc4s3)CC2)C1. The van der Waals surface area contributed by atoms with Crippen molar-refractivity contribution in [2.24, 2.45) is 0 Å². The van der Waals surface area contributed by atoms with Crippen LogP contribution in [0.5, 0.6) is 0 Å². The fourth-order valence-corrected chi connectivity index (χ4v) is 6.70. The molecule has 1 atom stereocenters. The maximum Gasteiger partial charge on any atom is 0.156 e. The van der Waals surface area contributed by atoms with Gasteiger partial charge in [-0.25, -0.2) is 13.4 Å². The molecule has 2 aromatic rings. The van der Waals surface area contributed by atoms with E-state index in [2.05, 4.69) is 18.2 Å². The van der Waals surface area contributed by atoms with E-state index in [-0.39, 0.29) is 0 Å². The van der Waals surface area contributed by atoms with Crippen LogP contribution in [0, 0.1) is 0 Å². The molecule has 1 aromatic carbocycles. The maximum absolute atomic E-state index is 11.6. The number of para-hydroxylation sites is 1. The van der Waals surface area contributed by atoms with Crippen LogP contribution in [0.25, 0.3) is 10.2 Å². The van der Waals surface area contributed by atoms with E-state index in [1.165, 1.54) is 14.6 Å². The van der Waals surface area contributed by atoms with Crippen LogP contribution in [0.2, 0.25) is 0 Å². The monoisotopic (exact) mass is 353 g/mol. The summed E-state index contributed by atoms with van der Waals surface area (Å²) in [5, 5.41) is 1.22. The van der Waals surface area contributed by atoms with Crippen molar-refractivity contribution in [3.05, 3.63) is 29.3 Å². The van der Waals surface area contributed by atoms with Gasteiger partial charge in [-0.05, 0) is 12.1 Å². The van der Waals surface area contributed by atoms with E-state index in [0.29, 0.717) is 17.5 Å². The molecule has 3 heterocycles. The first-order chi connectivity index (χ1) is 11.1. The Bertz CT molecular complexity index is 762. The van der Waals surface area contributed by atoms with Gasteiger partial charge in [0.1, 0.15) is 49.5 Å². The van der Waals surface area contributed by atoms with Crippen LogP contribution in [-0.2, 0) is 16.4 Å². The number of nitrogens with one attached hydrogen (secondary N) is 2. The van der Waals surface area contributed by atoms with E-state index in [9.17, 15) is 8.42 Å². The highest BCUT2D eigenvalue weighted by Crippen LogP contribution is 2.20. The van der Waals surface area contributed by atoms with Crippen molar-refractivity contribution in [3.63, 3.8) is 0 Å². The minimum atomic E-state index is -2.76. The van der Waals surface area contributed by atoms with E-state index in [1.807, 2.05) is 6.07 Å². The third kappa shape index (κ3) is 3.42. The molecule has 7 heteroatoms. The summed E-state index contributed by atoms with van der Waals surface area (Å²) in [4.78, 5) is 7.81. The molecule has 1 aromatic heterocycles. The molecule has 2 aliphatic heterocycles. The fraction of sp³-hybridized carbons (Fsp3) is 0.562. The molecule has 5 nitrogen and oxygen atoms in total. The summed E-state index contributed by atoms with van der Waals surface area (Å²) in [5.41, 5.74) is 1.10. The normalized spacial score (nSPS) is 30.7. The number of aromatic nitrogens is 1. The van der Waals surface area contributed by atoms with Crippen LogP contribution in [0.3, 0.4) is 0 Å². The Labute approximate surface area is 140 Å². The lowest BCUT2D eigenvalue weighted by molar-refractivity contribution is -1.03. The lowest BCUT2D eigenvalue weighted by atomic mass is 10.2. The average Bonchev–Trinajstić information content (AvgIpc) is 3.10. The molecular formula is C16H23N3O2S2+2. The zero-order valence-electron chi connectivity index (χ0n) is 13.1. The number of quaternary nitrogens is 2. The summed E-state index contributed by atoms with van der Waals surface area (Å²) in [6, 6.07) is 8.65. The third-order valence-corrected chi connectivity index (χ3v) is 7.95. The number of hydrogen-bond acceptors (Lipinski definition) is 4. The molecule has 124 valence electrons. The van der Waals surface area contributed by atoms with E-state index >= 15 is 0 Å². The number of nitrogens with zero attached hydrogens (tertiary/aromatic N) is 1. The summed E-state index contributed by atoms with van der Waals surface area (Å²) >= 11 is 1.80. The predicted molar refractivity (Wildman–Crippen MR) is 91.8 cm³/mol.